The van der Waals surface area contributed by atoms with Crippen LogP contribution in [0.4, 0.5) is 11.6 Å². The minimum atomic E-state index is -0.202. The summed E-state index contributed by atoms with van der Waals surface area (Å²) in [5, 5.41) is 17.2. The van der Waals surface area contributed by atoms with Crippen LogP contribution in [0.3, 0.4) is 0 Å². The van der Waals surface area contributed by atoms with Gasteiger partial charge in [0.25, 0.3) is 11.5 Å². The number of hydrogen-bond acceptors (Lipinski definition) is 7. The third-order valence-corrected chi connectivity index (χ3v) is 6.46. The van der Waals surface area contributed by atoms with Crippen molar-refractivity contribution in [2.75, 3.05) is 32.1 Å². The Morgan fingerprint density at radius 2 is 2.03 bits per heavy atom. The lowest BCUT2D eigenvalue weighted by molar-refractivity contribution is 0.0769. The number of para-hydroxylation sites is 1. The van der Waals surface area contributed by atoms with E-state index in [4.69, 9.17) is 14.7 Å². The Balaban J connectivity index is 1.31. The molecule has 0 aliphatic carbocycles. The molecule has 1 atom stereocenters. The van der Waals surface area contributed by atoms with Crippen molar-refractivity contribution >= 4 is 39.3 Å². The van der Waals surface area contributed by atoms with Crippen molar-refractivity contribution in [2.45, 2.75) is 6.42 Å². The average Bonchev–Trinajstić information content (AvgIpc) is 3.64. The highest BCUT2D eigenvalue weighted by Crippen LogP contribution is 2.28. The van der Waals surface area contributed by atoms with E-state index in [9.17, 15) is 9.59 Å². The number of amides is 1. The van der Waals surface area contributed by atoms with E-state index in [-0.39, 0.29) is 11.5 Å². The van der Waals surface area contributed by atoms with Gasteiger partial charge in [-0.2, -0.15) is 5.10 Å². The Kier molecular flexibility index (Phi) is 5.45. The standard InChI is InChI=1S/C25H24N8O3/c1-36-13-14-8-9-33(12-14)25(35)20-11-21(31-30-20)27-23-16-4-2-3-5-18(16)26-22(28-23)15-6-7-19-17(10-15)24(34)32-29-19/h2-7,10-11,14H,8-9,12-13H2,1H3,(H2,29,32,34)(H2,26,27,28,30,31)/t14-/m0/s1. The number of ether oxygens (including phenoxy) is 1. The van der Waals surface area contributed by atoms with E-state index in [2.05, 4.69) is 25.7 Å². The molecule has 1 aliphatic heterocycles. The van der Waals surface area contributed by atoms with Gasteiger partial charge in [0.1, 0.15) is 11.6 Å². The first-order chi connectivity index (χ1) is 17.6. The number of benzene rings is 2. The van der Waals surface area contributed by atoms with Crippen LogP contribution in [0, 0.1) is 5.92 Å². The highest BCUT2D eigenvalue weighted by molar-refractivity contribution is 5.95. The predicted octanol–water partition coefficient (Wildman–Crippen LogP) is 3.04. The zero-order valence-corrected chi connectivity index (χ0v) is 19.5. The van der Waals surface area contributed by atoms with Gasteiger partial charge in [0.2, 0.25) is 0 Å². The maximum atomic E-state index is 12.9. The van der Waals surface area contributed by atoms with Crippen LogP contribution in [0.1, 0.15) is 16.9 Å². The summed E-state index contributed by atoms with van der Waals surface area (Å²) in [7, 11) is 1.68. The summed E-state index contributed by atoms with van der Waals surface area (Å²) in [6.45, 7) is 2.00. The van der Waals surface area contributed by atoms with Gasteiger partial charge in [0, 0.05) is 43.1 Å². The lowest BCUT2D eigenvalue weighted by Gasteiger charge is -2.14. The van der Waals surface area contributed by atoms with Crippen LogP contribution in [-0.4, -0.2) is 68.0 Å². The Bertz CT molecular complexity index is 1640. The van der Waals surface area contributed by atoms with Crippen LogP contribution in [0.5, 0.6) is 0 Å². The molecule has 4 N–H and O–H groups in total. The van der Waals surface area contributed by atoms with E-state index >= 15 is 0 Å². The molecule has 0 bridgehead atoms. The summed E-state index contributed by atoms with van der Waals surface area (Å²) in [5.74, 6) is 1.80. The van der Waals surface area contributed by atoms with Crippen molar-refractivity contribution < 1.29 is 9.53 Å². The molecule has 182 valence electrons. The van der Waals surface area contributed by atoms with E-state index in [0.29, 0.717) is 65.2 Å². The topological polar surface area (TPSA) is 145 Å². The lowest BCUT2D eigenvalue weighted by atomic mass is 10.1. The van der Waals surface area contributed by atoms with E-state index < -0.39 is 0 Å². The van der Waals surface area contributed by atoms with Gasteiger partial charge in [0.05, 0.1) is 23.0 Å². The number of aromatic nitrogens is 6. The fraction of sp³-hybridized carbons (Fsp3) is 0.240. The van der Waals surface area contributed by atoms with Gasteiger partial charge in [-0.05, 0) is 36.8 Å². The zero-order valence-electron chi connectivity index (χ0n) is 19.5. The molecule has 1 aliphatic rings. The number of nitrogens with one attached hydrogen (secondary N) is 4. The minimum Gasteiger partial charge on any atom is -0.384 e. The van der Waals surface area contributed by atoms with Crippen molar-refractivity contribution in [1.29, 1.82) is 0 Å². The van der Waals surface area contributed by atoms with Crippen LogP contribution in [-0.2, 0) is 4.74 Å². The van der Waals surface area contributed by atoms with Gasteiger partial charge in [-0.25, -0.2) is 9.97 Å². The number of aromatic amines is 3. The Labute approximate surface area is 204 Å². The molecule has 5 aromatic rings. The monoisotopic (exact) mass is 484 g/mol. The molecule has 11 heteroatoms. The molecular weight excluding hydrogens is 460 g/mol. The van der Waals surface area contributed by atoms with Crippen LogP contribution in [0.25, 0.3) is 33.2 Å². The lowest BCUT2D eigenvalue weighted by Crippen LogP contribution is -2.29. The summed E-state index contributed by atoms with van der Waals surface area (Å²) in [4.78, 5) is 36.3. The third kappa shape index (κ3) is 3.99. The van der Waals surface area contributed by atoms with E-state index in [1.165, 1.54) is 0 Å². The molecule has 1 fully saturated rings. The number of hydrogen-bond donors (Lipinski definition) is 4. The van der Waals surface area contributed by atoms with Crippen LogP contribution < -0.4 is 10.9 Å². The molecule has 0 radical (unpaired) electrons. The number of methoxy groups -OCH3 is 1. The Hall–Kier alpha value is -4.51. The molecule has 1 amide bonds. The molecule has 36 heavy (non-hydrogen) atoms. The van der Waals surface area contributed by atoms with Gasteiger partial charge in [-0.15, -0.1) is 0 Å². The largest absolute Gasteiger partial charge is 0.384 e. The number of nitrogens with zero attached hydrogens (tertiary/aromatic N) is 4. The molecule has 0 spiro atoms. The number of H-pyrrole nitrogens is 3. The summed E-state index contributed by atoms with van der Waals surface area (Å²) in [6, 6.07) is 14.8. The first-order valence-electron chi connectivity index (χ1n) is 11.7. The van der Waals surface area contributed by atoms with Crippen LogP contribution in [0.15, 0.2) is 53.3 Å². The number of carbonyl (C=O) groups is 1. The van der Waals surface area contributed by atoms with Crippen molar-refractivity contribution in [2.24, 2.45) is 5.92 Å². The zero-order chi connectivity index (χ0) is 24.6. The van der Waals surface area contributed by atoms with Gasteiger partial charge in [-0.3, -0.25) is 24.9 Å². The molecule has 2 aromatic carbocycles. The van der Waals surface area contributed by atoms with Gasteiger partial charge in [0.15, 0.2) is 11.5 Å². The van der Waals surface area contributed by atoms with Crippen molar-refractivity contribution in [3.63, 3.8) is 0 Å². The fourth-order valence-electron chi connectivity index (χ4n) is 4.65. The fourth-order valence-corrected chi connectivity index (χ4v) is 4.65. The van der Waals surface area contributed by atoms with E-state index in [0.717, 1.165) is 17.3 Å². The quantitative estimate of drug-likeness (QED) is 0.290. The molecular formula is C25H24N8O3. The molecule has 0 unspecified atom stereocenters. The minimum absolute atomic E-state index is 0.115. The second-order valence-electron chi connectivity index (χ2n) is 8.91. The van der Waals surface area contributed by atoms with Crippen molar-refractivity contribution in [1.82, 2.24) is 35.3 Å². The molecule has 0 saturated carbocycles. The number of anilines is 2. The van der Waals surface area contributed by atoms with E-state index in [1.807, 2.05) is 36.4 Å². The molecule has 6 rings (SSSR count). The normalized spacial score (nSPS) is 15.7. The van der Waals surface area contributed by atoms with Crippen molar-refractivity contribution in [3.8, 4) is 11.4 Å². The van der Waals surface area contributed by atoms with Crippen molar-refractivity contribution in [3.05, 3.63) is 64.6 Å². The second-order valence-corrected chi connectivity index (χ2v) is 8.91. The summed E-state index contributed by atoms with van der Waals surface area (Å²) < 4.78 is 5.23. The maximum absolute atomic E-state index is 12.9. The number of likely N-dealkylation sites (tertiary alicyclic amines) is 1. The van der Waals surface area contributed by atoms with Gasteiger partial charge >= 0.3 is 0 Å². The Morgan fingerprint density at radius 3 is 2.92 bits per heavy atom. The second kappa shape index (κ2) is 8.93. The Morgan fingerprint density at radius 1 is 1.14 bits per heavy atom. The maximum Gasteiger partial charge on any atom is 0.274 e. The summed E-state index contributed by atoms with van der Waals surface area (Å²) in [5.41, 5.74) is 2.30. The average molecular weight is 485 g/mol. The SMILES string of the molecule is COC[C@H]1CCN(C(=O)c2cc(Nc3nc(-c4ccc5[nH][nH]c(=O)c5c4)nc4ccccc34)[nH]n2)C1. The number of rotatable bonds is 6. The van der Waals surface area contributed by atoms with E-state index in [1.54, 1.807) is 24.1 Å². The summed E-state index contributed by atoms with van der Waals surface area (Å²) in [6.07, 6.45) is 0.922. The molecule has 1 saturated heterocycles. The van der Waals surface area contributed by atoms with Gasteiger partial charge in [-0.1, -0.05) is 12.1 Å². The molecule has 11 nitrogen and oxygen atoms in total. The third-order valence-electron chi connectivity index (χ3n) is 6.46. The smallest absolute Gasteiger partial charge is 0.274 e. The van der Waals surface area contributed by atoms with Crippen LogP contribution >= 0.6 is 0 Å². The van der Waals surface area contributed by atoms with Gasteiger partial charge < -0.3 is 15.0 Å². The highest BCUT2D eigenvalue weighted by atomic mass is 16.5. The van der Waals surface area contributed by atoms with Crippen LogP contribution in [0.2, 0.25) is 0 Å². The number of fused-ring (bicyclic) bond motifs is 2. The summed E-state index contributed by atoms with van der Waals surface area (Å²) >= 11 is 0. The highest BCUT2D eigenvalue weighted by Gasteiger charge is 2.28. The first-order valence-corrected chi connectivity index (χ1v) is 11.7. The molecule has 3 aromatic heterocycles. The molecule has 4 heterocycles. The number of carbonyl (C=O) groups excluding carboxylic acids is 1. The predicted molar refractivity (Wildman–Crippen MR) is 135 cm³/mol. The first kappa shape index (κ1) is 22.0.